The lowest BCUT2D eigenvalue weighted by Gasteiger charge is -2.30. The number of carbonyl (C=O) groups excluding carboxylic acids is 1. The highest BCUT2D eigenvalue weighted by atomic mass is 16.5. The summed E-state index contributed by atoms with van der Waals surface area (Å²) in [7, 11) is 0. The van der Waals surface area contributed by atoms with Crippen molar-refractivity contribution in [3.8, 4) is 0 Å². The summed E-state index contributed by atoms with van der Waals surface area (Å²) in [4.78, 5) is 12.0. The van der Waals surface area contributed by atoms with Crippen LogP contribution >= 0.6 is 0 Å². The molecule has 0 saturated carbocycles. The minimum atomic E-state index is -1.22. The fourth-order valence-electron chi connectivity index (χ4n) is 3.52. The molecule has 0 bridgehead atoms. The minimum absolute atomic E-state index is 0.240. The van der Waals surface area contributed by atoms with Crippen molar-refractivity contribution in [2.24, 2.45) is 0 Å². The Hall–Kier alpha value is -1.21. The summed E-state index contributed by atoms with van der Waals surface area (Å²) in [6.45, 7) is 5.58. The molecular weight excluding hydrogens is 336 g/mol. The van der Waals surface area contributed by atoms with Gasteiger partial charge in [0.25, 0.3) is 0 Å². The maximum Gasteiger partial charge on any atom is 0.190 e. The Morgan fingerprint density at radius 3 is 2.69 bits per heavy atom. The van der Waals surface area contributed by atoms with Crippen LogP contribution in [0.1, 0.15) is 65.7 Å². The van der Waals surface area contributed by atoms with E-state index in [1.54, 1.807) is 6.92 Å². The second kappa shape index (κ2) is 8.65. The van der Waals surface area contributed by atoms with E-state index < -0.39 is 30.0 Å². The smallest absolute Gasteiger partial charge is 0.190 e. The first-order valence-corrected chi connectivity index (χ1v) is 9.44. The zero-order valence-corrected chi connectivity index (χ0v) is 15.9. The molecule has 2 rings (SSSR count). The molecule has 0 aromatic heterocycles. The Morgan fingerprint density at radius 2 is 2.04 bits per heavy atom. The molecule has 2 aliphatic rings. The molecule has 0 saturated heterocycles. The maximum atomic E-state index is 12.0. The average Bonchev–Trinajstić information content (AvgIpc) is 3.00. The van der Waals surface area contributed by atoms with Crippen molar-refractivity contribution in [1.29, 1.82) is 0 Å². The highest BCUT2D eigenvalue weighted by Crippen LogP contribution is 2.36. The molecule has 0 unspecified atom stereocenters. The van der Waals surface area contributed by atoms with Crippen molar-refractivity contribution in [2.75, 3.05) is 0 Å². The van der Waals surface area contributed by atoms with E-state index in [2.05, 4.69) is 0 Å². The summed E-state index contributed by atoms with van der Waals surface area (Å²) in [6.07, 6.45) is 1.52. The lowest BCUT2D eigenvalue weighted by atomic mass is 9.88. The molecule has 148 valence electrons. The van der Waals surface area contributed by atoms with Crippen LogP contribution in [0.25, 0.3) is 0 Å². The highest BCUT2D eigenvalue weighted by molar-refractivity contribution is 6.00. The third kappa shape index (κ3) is 5.16. The first-order chi connectivity index (χ1) is 12.1. The summed E-state index contributed by atoms with van der Waals surface area (Å²) in [5.74, 6) is 0.279. The second-order valence-corrected chi connectivity index (χ2v) is 8.02. The molecule has 0 fully saturated rings. The first-order valence-electron chi connectivity index (χ1n) is 9.44. The van der Waals surface area contributed by atoms with Gasteiger partial charge in [0, 0.05) is 18.4 Å². The Balaban J connectivity index is 1.81. The Labute approximate surface area is 155 Å². The van der Waals surface area contributed by atoms with E-state index in [9.17, 15) is 25.2 Å². The van der Waals surface area contributed by atoms with Crippen molar-refractivity contribution in [3.63, 3.8) is 0 Å². The largest absolute Gasteiger partial charge is 0.491 e. The number of ether oxygens (including phenoxy) is 1. The fourth-order valence-corrected chi connectivity index (χ4v) is 3.52. The van der Waals surface area contributed by atoms with Gasteiger partial charge in [-0.1, -0.05) is 11.6 Å². The lowest BCUT2D eigenvalue weighted by Crippen LogP contribution is -2.40. The van der Waals surface area contributed by atoms with Gasteiger partial charge in [0.15, 0.2) is 5.78 Å². The van der Waals surface area contributed by atoms with Gasteiger partial charge in [0.05, 0.1) is 17.8 Å². The van der Waals surface area contributed by atoms with Crippen molar-refractivity contribution in [2.45, 2.75) is 95.7 Å². The van der Waals surface area contributed by atoms with Crippen LogP contribution < -0.4 is 0 Å². The standard InChI is InChI=1S/C20H32O6/c1-12(2)5-4-10-20(3,25)18(23)9-7-14(21)17-11-13-16(26-17)8-6-15(22)19(13)24/h5,14-15,17-18,21-23,25H,4,6-11H2,1-3H3/t14-,15+,17-,18+,20-/m0/s1. The molecule has 0 aromatic rings. The van der Waals surface area contributed by atoms with Crippen LogP contribution in [0, 0.1) is 0 Å². The lowest BCUT2D eigenvalue weighted by molar-refractivity contribution is -0.124. The molecule has 0 aromatic carbocycles. The van der Waals surface area contributed by atoms with Crippen molar-refractivity contribution >= 4 is 5.78 Å². The van der Waals surface area contributed by atoms with Crippen LogP contribution in [-0.2, 0) is 9.53 Å². The number of carbonyl (C=O) groups is 1. The molecule has 6 heteroatoms. The van der Waals surface area contributed by atoms with E-state index in [4.69, 9.17) is 4.74 Å². The monoisotopic (exact) mass is 368 g/mol. The first kappa shape index (κ1) is 21.1. The molecular formula is C20H32O6. The van der Waals surface area contributed by atoms with Crippen molar-refractivity contribution in [3.05, 3.63) is 23.0 Å². The third-order valence-electron chi connectivity index (χ3n) is 5.37. The summed E-state index contributed by atoms with van der Waals surface area (Å²) < 4.78 is 5.70. The van der Waals surface area contributed by atoms with Crippen molar-refractivity contribution in [1.82, 2.24) is 0 Å². The Bertz CT molecular complexity index is 573. The number of ketones is 1. The molecule has 1 aliphatic carbocycles. The zero-order valence-electron chi connectivity index (χ0n) is 15.9. The zero-order chi connectivity index (χ0) is 19.5. The number of hydrogen-bond acceptors (Lipinski definition) is 6. The summed E-state index contributed by atoms with van der Waals surface area (Å²) >= 11 is 0. The number of aliphatic hydroxyl groups excluding tert-OH is 3. The van der Waals surface area contributed by atoms with Gasteiger partial charge in [-0.2, -0.15) is 0 Å². The maximum absolute atomic E-state index is 12.0. The molecule has 0 amide bonds. The molecule has 0 radical (unpaired) electrons. The molecule has 26 heavy (non-hydrogen) atoms. The van der Waals surface area contributed by atoms with Gasteiger partial charge < -0.3 is 25.2 Å². The number of rotatable bonds is 8. The molecule has 5 atom stereocenters. The van der Waals surface area contributed by atoms with Crippen molar-refractivity contribution < 1.29 is 30.0 Å². The fraction of sp³-hybridized carbons (Fsp3) is 0.750. The minimum Gasteiger partial charge on any atom is -0.491 e. The van der Waals surface area contributed by atoms with E-state index >= 15 is 0 Å². The molecule has 6 nitrogen and oxygen atoms in total. The summed E-state index contributed by atoms with van der Waals surface area (Å²) in [5.41, 5.74) is 0.432. The molecule has 1 aliphatic heterocycles. The predicted octanol–water partition coefficient (Wildman–Crippen LogP) is 1.75. The van der Waals surface area contributed by atoms with Crippen LogP contribution in [-0.4, -0.2) is 56.2 Å². The predicted molar refractivity (Wildman–Crippen MR) is 97.3 cm³/mol. The van der Waals surface area contributed by atoms with Gasteiger partial charge in [0.2, 0.25) is 0 Å². The average molecular weight is 368 g/mol. The Kier molecular flexibility index (Phi) is 7.02. The van der Waals surface area contributed by atoms with Gasteiger partial charge in [-0.15, -0.1) is 0 Å². The molecule has 4 N–H and O–H groups in total. The summed E-state index contributed by atoms with van der Waals surface area (Å²) in [5, 5.41) is 40.8. The summed E-state index contributed by atoms with van der Waals surface area (Å²) in [6, 6.07) is 0. The topological polar surface area (TPSA) is 107 Å². The van der Waals surface area contributed by atoms with E-state index in [-0.39, 0.29) is 18.6 Å². The van der Waals surface area contributed by atoms with Crippen LogP contribution in [0.3, 0.4) is 0 Å². The van der Waals surface area contributed by atoms with Crippen LogP contribution in [0.15, 0.2) is 23.0 Å². The SMILES string of the molecule is CC(C)=CCC[C@](C)(O)[C@H](O)CC[C@H](O)[C@@H]1CC2=C(CC[C@@H](O)C2=O)O1. The van der Waals surface area contributed by atoms with E-state index in [0.29, 0.717) is 43.4 Å². The van der Waals surface area contributed by atoms with Crippen LogP contribution in [0.4, 0.5) is 0 Å². The van der Waals surface area contributed by atoms with Gasteiger partial charge >= 0.3 is 0 Å². The highest BCUT2D eigenvalue weighted by Gasteiger charge is 2.39. The van der Waals surface area contributed by atoms with Crippen LogP contribution in [0.2, 0.25) is 0 Å². The van der Waals surface area contributed by atoms with E-state index in [0.717, 1.165) is 0 Å². The van der Waals surface area contributed by atoms with Gasteiger partial charge in [-0.3, -0.25) is 4.79 Å². The quantitative estimate of drug-likeness (QED) is 0.486. The number of Topliss-reactive ketones (excluding diaryl/α,β-unsaturated/α-hetero) is 1. The van der Waals surface area contributed by atoms with E-state index in [1.807, 2.05) is 19.9 Å². The molecule has 1 heterocycles. The number of hydrogen-bond donors (Lipinski definition) is 4. The number of allylic oxidation sites excluding steroid dienone is 3. The Morgan fingerprint density at radius 1 is 1.35 bits per heavy atom. The third-order valence-corrected chi connectivity index (χ3v) is 5.37. The number of aliphatic hydroxyl groups is 4. The normalized spacial score (nSPS) is 27.4. The van der Waals surface area contributed by atoms with Gasteiger partial charge in [0.1, 0.15) is 18.0 Å². The molecule has 0 spiro atoms. The van der Waals surface area contributed by atoms with Gasteiger partial charge in [-0.25, -0.2) is 0 Å². The van der Waals surface area contributed by atoms with Gasteiger partial charge in [-0.05, 0) is 52.9 Å². The second-order valence-electron chi connectivity index (χ2n) is 8.02. The van der Waals surface area contributed by atoms with Crippen LogP contribution in [0.5, 0.6) is 0 Å². The van der Waals surface area contributed by atoms with E-state index in [1.165, 1.54) is 5.57 Å².